The van der Waals surface area contributed by atoms with Gasteiger partial charge in [-0.2, -0.15) is 0 Å². The van der Waals surface area contributed by atoms with Gasteiger partial charge in [-0.1, -0.05) is 0 Å². The van der Waals surface area contributed by atoms with Gasteiger partial charge in [0.2, 0.25) is 11.8 Å². The zero-order valence-corrected chi connectivity index (χ0v) is 13.0. The predicted octanol–water partition coefficient (Wildman–Crippen LogP) is 1.34. The molecule has 1 unspecified atom stereocenters. The number of anilines is 1. The number of methoxy groups -OCH3 is 2. The molecule has 0 spiro atoms. The summed E-state index contributed by atoms with van der Waals surface area (Å²) in [4.78, 5) is 26.0. The largest absolute Gasteiger partial charge is 0.497 e. The summed E-state index contributed by atoms with van der Waals surface area (Å²) in [6.45, 7) is 1.15. The van der Waals surface area contributed by atoms with E-state index in [1.807, 2.05) is 0 Å². The van der Waals surface area contributed by atoms with E-state index in [9.17, 15) is 9.59 Å². The molecule has 22 heavy (non-hydrogen) atoms. The Bertz CT molecular complexity index is 515. The van der Waals surface area contributed by atoms with Crippen LogP contribution in [0.25, 0.3) is 0 Å². The van der Waals surface area contributed by atoms with E-state index < -0.39 is 6.04 Å². The summed E-state index contributed by atoms with van der Waals surface area (Å²) in [5.41, 5.74) is 0.723. The minimum absolute atomic E-state index is 0.0257. The van der Waals surface area contributed by atoms with Crippen LogP contribution < -0.4 is 15.0 Å². The highest BCUT2D eigenvalue weighted by Gasteiger charge is 2.36. The lowest BCUT2D eigenvalue weighted by atomic mass is 10.2. The van der Waals surface area contributed by atoms with Gasteiger partial charge in [0.05, 0.1) is 7.11 Å². The first-order valence-corrected chi connectivity index (χ1v) is 7.40. The van der Waals surface area contributed by atoms with Crippen LogP contribution in [0.4, 0.5) is 5.69 Å². The first-order valence-electron chi connectivity index (χ1n) is 7.40. The third-order valence-electron chi connectivity index (χ3n) is 3.69. The van der Waals surface area contributed by atoms with Crippen molar-refractivity contribution in [1.29, 1.82) is 0 Å². The number of hydrogen-bond acceptors (Lipinski definition) is 4. The molecule has 1 aliphatic heterocycles. The second kappa shape index (κ2) is 7.79. The number of nitrogens with zero attached hydrogens (tertiary/aromatic N) is 1. The topological polar surface area (TPSA) is 67.9 Å². The minimum Gasteiger partial charge on any atom is -0.497 e. The van der Waals surface area contributed by atoms with Crippen LogP contribution in [0, 0.1) is 0 Å². The van der Waals surface area contributed by atoms with Crippen LogP contribution in [0.5, 0.6) is 5.75 Å². The standard InChI is InChI=1S/C16H22N2O4/c1-21-11-3-10-17-16(20)14-8-9-15(19)18(14)12-4-6-13(22-2)7-5-12/h4-7,14H,3,8-11H2,1-2H3,(H,17,20). The lowest BCUT2D eigenvalue weighted by molar-refractivity contribution is -0.123. The third-order valence-corrected chi connectivity index (χ3v) is 3.69. The van der Waals surface area contributed by atoms with Crippen LogP contribution in [0.2, 0.25) is 0 Å². The molecule has 0 aliphatic carbocycles. The molecule has 2 rings (SSSR count). The first kappa shape index (κ1) is 16.3. The molecule has 0 saturated carbocycles. The number of amides is 2. The van der Waals surface area contributed by atoms with Crippen molar-refractivity contribution in [1.82, 2.24) is 5.32 Å². The van der Waals surface area contributed by atoms with E-state index in [1.165, 1.54) is 0 Å². The predicted molar refractivity (Wildman–Crippen MR) is 83.0 cm³/mol. The molecule has 6 heteroatoms. The zero-order valence-electron chi connectivity index (χ0n) is 13.0. The second-order valence-corrected chi connectivity index (χ2v) is 5.15. The van der Waals surface area contributed by atoms with Gasteiger partial charge in [0, 0.05) is 32.4 Å². The molecule has 0 radical (unpaired) electrons. The van der Waals surface area contributed by atoms with Crippen LogP contribution in [0.15, 0.2) is 24.3 Å². The van der Waals surface area contributed by atoms with E-state index >= 15 is 0 Å². The van der Waals surface area contributed by atoms with Crippen molar-refractivity contribution in [2.75, 3.05) is 32.3 Å². The summed E-state index contributed by atoms with van der Waals surface area (Å²) in [6.07, 6.45) is 1.69. The maximum absolute atomic E-state index is 12.3. The third kappa shape index (κ3) is 3.76. The second-order valence-electron chi connectivity index (χ2n) is 5.15. The van der Waals surface area contributed by atoms with Gasteiger partial charge in [-0.25, -0.2) is 0 Å². The average Bonchev–Trinajstić information content (AvgIpc) is 2.93. The van der Waals surface area contributed by atoms with E-state index in [0.717, 1.165) is 17.9 Å². The van der Waals surface area contributed by atoms with Gasteiger partial charge in [-0.05, 0) is 37.1 Å². The van der Waals surface area contributed by atoms with Crippen molar-refractivity contribution in [3.8, 4) is 5.75 Å². The Morgan fingerprint density at radius 2 is 2.05 bits per heavy atom. The van der Waals surface area contributed by atoms with Crippen LogP contribution in [-0.2, 0) is 14.3 Å². The Kier molecular flexibility index (Phi) is 5.77. The smallest absolute Gasteiger partial charge is 0.243 e. The number of nitrogens with one attached hydrogen (secondary N) is 1. The summed E-state index contributed by atoms with van der Waals surface area (Å²) in [6, 6.07) is 6.73. The van der Waals surface area contributed by atoms with Gasteiger partial charge in [0.1, 0.15) is 11.8 Å². The molecule has 1 atom stereocenters. The molecule has 0 bridgehead atoms. The lowest BCUT2D eigenvalue weighted by Crippen LogP contribution is -2.45. The van der Waals surface area contributed by atoms with Crippen molar-refractivity contribution >= 4 is 17.5 Å². The van der Waals surface area contributed by atoms with Gasteiger partial charge in [-0.3, -0.25) is 14.5 Å². The maximum atomic E-state index is 12.3. The van der Waals surface area contributed by atoms with E-state index in [2.05, 4.69) is 5.32 Å². The number of rotatable bonds is 7. The highest BCUT2D eigenvalue weighted by molar-refractivity contribution is 6.03. The van der Waals surface area contributed by atoms with E-state index in [1.54, 1.807) is 43.4 Å². The van der Waals surface area contributed by atoms with Gasteiger partial charge in [-0.15, -0.1) is 0 Å². The van der Waals surface area contributed by atoms with Crippen molar-refractivity contribution in [3.05, 3.63) is 24.3 Å². The quantitative estimate of drug-likeness (QED) is 0.772. The Labute approximate surface area is 130 Å². The fourth-order valence-electron chi connectivity index (χ4n) is 2.54. The summed E-state index contributed by atoms with van der Waals surface area (Å²) >= 11 is 0. The minimum atomic E-state index is -0.441. The van der Waals surface area contributed by atoms with Gasteiger partial charge in [0.15, 0.2) is 0 Å². The van der Waals surface area contributed by atoms with Crippen molar-refractivity contribution in [2.45, 2.75) is 25.3 Å². The summed E-state index contributed by atoms with van der Waals surface area (Å²) in [5.74, 6) is 0.580. The SMILES string of the molecule is COCCCNC(=O)C1CCC(=O)N1c1ccc(OC)cc1. The highest BCUT2D eigenvalue weighted by Crippen LogP contribution is 2.28. The molecule has 0 aromatic heterocycles. The highest BCUT2D eigenvalue weighted by atomic mass is 16.5. The fraction of sp³-hybridized carbons (Fsp3) is 0.500. The zero-order chi connectivity index (χ0) is 15.9. The Hall–Kier alpha value is -2.08. The molecular formula is C16H22N2O4. The van der Waals surface area contributed by atoms with E-state index in [4.69, 9.17) is 9.47 Å². The number of hydrogen-bond donors (Lipinski definition) is 1. The van der Waals surface area contributed by atoms with E-state index in [0.29, 0.717) is 26.0 Å². The molecule has 1 fully saturated rings. The Morgan fingerprint density at radius 1 is 1.32 bits per heavy atom. The van der Waals surface area contributed by atoms with Crippen LogP contribution >= 0.6 is 0 Å². The molecule has 1 N–H and O–H groups in total. The molecule has 1 aromatic carbocycles. The van der Waals surface area contributed by atoms with Gasteiger partial charge < -0.3 is 14.8 Å². The molecule has 120 valence electrons. The maximum Gasteiger partial charge on any atom is 0.243 e. The molecule has 1 heterocycles. The summed E-state index contributed by atoms with van der Waals surface area (Å²) < 4.78 is 10.1. The lowest BCUT2D eigenvalue weighted by Gasteiger charge is -2.24. The van der Waals surface area contributed by atoms with Gasteiger partial charge >= 0.3 is 0 Å². The number of carbonyl (C=O) groups excluding carboxylic acids is 2. The Morgan fingerprint density at radius 3 is 2.68 bits per heavy atom. The van der Waals surface area contributed by atoms with Gasteiger partial charge in [0.25, 0.3) is 0 Å². The summed E-state index contributed by atoms with van der Waals surface area (Å²) in [7, 11) is 3.22. The molecule has 1 aliphatic rings. The molecule has 2 amide bonds. The molecule has 1 saturated heterocycles. The Balaban J connectivity index is 2.03. The van der Waals surface area contributed by atoms with Crippen LogP contribution in [0.3, 0.4) is 0 Å². The van der Waals surface area contributed by atoms with Crippen LogP contribution in [0.1, 0.15) is 19.3 Å². The van der Waals surface area contributed by atoms with E-state index in [-0.39, 0.29) is 11.8 Å². The van der Waals surface area contributed by atoms with Crippen LogP contribution in [-0.4, -0.2) is 45.2 Å². The molecule has 1 aromatic rings. The fourth-order valence-corrected chi connectivity index (χ4v) is 2.54. The summed E-state index contributed by atoms with van der Waals surface area (Å²) in [5, 5.41) is 2.86. The number of ether oxygens (including phenoxy) is 2. The van der Waals surface area contributed by atoms with Crippen molar-refractivity contribution in [3.63, 3.8) is 0 Å². The normalized spacial score (nSPS) is 17.6. The average molecular weight is 306 g/mol. The number of carbonyl (C=O) groups is 2. The molecule has 6 nitrogen and oxygen atoms in total. The molecular weight excluding hydrogens is 284 g/mol. The van der Waals surface area contributed by atoms with Crippen molar-refractivity contribution in [2.24, 2.45) is 0 Å². The number of benzene rings is 1. The van der Waals surface area contributed by atoms with Crippen molar-refractivity contribution < 1.29 is 19.1 Å². The first-order chi connectivity index (χ1) is 10.7. The monoisotopic (exact) mass is 306 g/mol.